The van der Waals surface area contributed by atoms with Gasteiger partial charge in [-0.2, -0.15) is 0 Å². The Hall–Kier alpha value is -0.730. The van der Waals surface area contributed by atoms with Crippen molar-refractivity contribution < 1.29 is 4.74 Å². The summed E-state index contributed by atoms with van der Waals surface area (Å²) in [7, 11) is 0. The van der Waals surface area contributed by atoms with Gasteiger partial charge in [0.2, 0.25) is 0 Å². The molecule has 3 heteroatoms. The third-order valence-electron chi connectivity index (χ3n) is 2.66. The molecule has 17 heavy (non-hydrogen) atoms. The molecule has 2 N–H and O–H groups in total. The van der Waals surface area contributed by atoms with E-state index < -0.39 is 0 Å². The first kappa shape index (κ1) is 14.3. The molecule has 96 valence electrons. The van der Waals surface area contributed by atoms with Gasteiger partial charge in [-0.1, -0.05) is 18.5 Å². The Morgan fingerprint density at radius 1 is 1.35 bits per heavy atom. The first-order chi connectivity index (χ1) is 8.02. The summed E-state index contributed by atoms with van der Waals surface area (Å²) in [6.45, 7) is 6.91. The van der Waals surface area contributed by atoms with E-state index in [2.05, 4.69) is 6.92 Å². The molecule has 0 radical (unpaired) electrons. The van der Waals surface area contributed by atoms with Crippen molar-refractivity contribution in [2.45, 2.75) is 39.7 Å². The number of ether oxygens (including phenoxy) is 1. The van der Waals surface area contributed by atoms with Gasteiger partial charge < -0.3 is 10.5 Å². The van der Waals surface area contributed by atoms with Crippen LogP contribution in [-0.2, 0) is 6.42 Å². The smallest absolute Gasteiger partial charge is 0.122 e. The van der Waals surface area contributed by atoms with Gasteiger partial charge in [-0.25, -0.2) is 0 Å². The molecule has 2 nitrogen and oxygen atoms in total. The lowest BCUT2D eigenvalue weighted by atomic mass is 9.95. The van der Waals surface area contributed by atoms with E-state index in [-0.39, 0.29) is 6.04 Å². The van der Waals surface area contributed by atoms with Crippen LogP contribution in [0.2, 0.25) is 5.02 Å². The summed E-state index contributed by atoms with van der Waals surface area (Å²) in [5.41, 5.74) is 6.99. The number of halogens is 1. The number of hydrogen-bond donors (Lipinski definition) is 1. The molecule has 0 aliphatic heterocycles. The van der Waals surface area contributed by atoms with Crippen molar-refractivity contribution in [3.05, 3.63) is 28.8 Å². The molecule has 0 bridgehead atoms. The third kappa shape index (κ3) is 4.97. The van der Waals surface area contributed by atoms with Crippen molar-refractivity contribution in [3.63, 3.8) is 0 Å². The highest BCUT2D eigenvalue weighted by Gasteiger charge is 2.11. The quantitative estimate of drug-likeness (QED) is 0.842. The second-order valence-corrected chi connectivity index (χ2v) is 5.14. The van der Waals surface area contributed by atoms with Crippen LogP contribution in [0.3, 0.4) is 0 Å². The molecule has 0 aliphatic rings. The van der Waals surface area contributed by atoms with E-state index >= 15 is 0 Å². The number of benzene rings is 1. The fourth-order valence-electron chi connectivity index (χ4n) is 2.10. The van der Waals surface area contributed by atoms with E-state index in [4.69, 9.17) is 22.1 Å². The lowest BCUT2D eigenvalue weighted by Gasteiger charge is -2.16. The van der Waals surface area contributed by atoms with Crippen LogP contribution in [0.25, 0.3) is 0 Å². The first-order valence-corrected chi connectivity index (χ1v) is 6.57. The first-order valence-electron chi connectivity index (χ1n) is 6.19. The van der Waals surface area contributed by atoms with E-state index in [9.17, 15) is 0 Å². The van der Waals surface area contributed by atoms with Crippen molar-refractivity contribution in [2.24, 2.45) is 11.7 Å². The molecule has 0 aromatic heterocycles. The summed E-state index contributed by atoms with van der Waals surface area (Å²) >= 11 is 6.03. The zero-order valence-corrected chi connectivity index (χ0v) is 11.6. The van der Waals surface area contributed by atoms with Crippen LogP contribution in [0.1, 0.15) is 32.8 Å². The number of nitrogens with two attached hydrogens (primary N) is 1. The molecular formula is C14H22ClNO. The average molecular weight is 256 g/mol. The van der Waals surface area contributed by atoms with Crippen LogP contribution in [-0.4, -0.2) is 12.6 Å². The maximum absolute atomic E-state index is 6.03. The summed E-state index contributed by atoms with van der Waals surface area (Å²) in [5, 5.41) is 0.761. The van der Waals surface area contributed by atoms with E-state index in [0.29, 0.717) is 12.5 Å². The van der Waals surface area contributed by atoms with Crippen LogP contribution in [0.4, 0.5) is 0 Å². The zero-order chi connectivity index (χ0) is 12.8. The van der Waals surface area contributed by atoms with Gasteiger partial charge in [0.1, 0.15) is 5.75 Å². The van der Waals surface area contributed by atoms with Gasteiger partial charge in [0, 0.05) is 11.1 Å². The van der Waals surface area contributed by atoms with Crippen LogP contribution >= 0.6 is 11.6 Å². The van der Waals surface area contributed by atoms with Gasteiger partial charge in [-0.05, 0) is 56.4 Å². The second kappa shape index (κ2) is 6.87. The Labute approximate surface area is 109 Å². The SMILES string of the molecule is CCOc1ccc(Cl)cc1CC(C)CC(C)N. The maximum Gasteiger partial charge on any atom is 0.122 e. The van der Waals surface area contributed by atoms with Crippen molar-refractivity contribution >= 4 is 11.6 Å². The minimum atomic E-state index is 0.236. The van der Waals surface area contributed by atoms with Crippen molar-refractivity contribution in [2.75, 3.05) is 6.61 Å². The molecule has 1 aromatic rings. The summed E-state index contributed by atoms with van der Waals surface area (Å²) < 4.78 is 5.61. The predicted octanol–water partition coefficient (Wildman–Crippen LogP) is 3.65. The molecule has 0 aliphatic carbocycles. The predicted molar refractivity (Wildman–Crippen MR) is 73.8 cm³/mol. The minimum Gasteiger partial charge on any atom is -0.494 e. The Morgan fingerprint density at radius 3 is 2.65 bits per heavy atom. The molecule has 0 spiro atoms. The van der Waals surface area contributed by atoms with E-state index in [0.717, 1.165) is 23.6 Å². The Bertz CT molecular complexity index is 352. The van der Waals surface area contributed by atoms with Crippen LogP contribution in [0.15, 0.2) is 18.2 Å². The highest BCUT2D eigenvalue weighted by Crippen LogP contribution is 2.26. The summed E-state index contributed by atoms with van der Waals surface area (Å²) in [4.78, 5) is 0. The lowest BCUT2D eigenvalue weighted by Crippen LogP contribution is -2.19. The number of rotatable bonds is 6. The third-order valence-corrected chi connectivity index (χ3v) is 2.90. The van der Waals surface area contributed by atoms with Crippen molar-refractivity contribution in [3.8, 4) is 5.75 Å². The summed E-state index contributed by atoms with van der Waals surface area (Å²) in [6, 6.07) is 6.04. The maximum atomic E-state index is 6.03. The van der Waals surface area contributed by atoms with Gasteiger partial charge in [-0.15, -0.1) is 0 Å². The molecule has 2 atom stereocenters. The van der Waals surface area contributed by atoms with Crippen molar-refractivity contribution in [1.29, 1.82) is 0 Å². The van der Waals surface area contributed by atoms with E-state index in [1.807, 2.05) is 32.0 Å². The largest absolute Gasteiger partial charge is 0.494 e. The topological polar surface area (TPSA) is 35.2 Å². The second-order valence-electron chi connectivity index (χ2n) is 4.71. The molecule has 1 aromatic carbocycles. The van der Waals surface area contributed by atoms with Gasteiger partial charge in [0.05, 0.1) is 6.61 Å². The zero-order valence-electron chi connectivity index (χ0n) is 10.9. The van der Waals surface area contributed by atoms with Crippen molar-refractivity contribution in [1.82, 2.24) is 0 Å². The molecule has 0 heterocycles. The summed E-state index contributed by atoms with van der Waals surface area (Å²) in [5.74, 6) is 1.47. The monoisotopic (exact) mass is 255 g/mol. The fraction of sp³-hybridized carbons (Fsp3) is 0.571. The Morgan fingerprint density at radius 2 is 2.06 bits per heavy atom. The minimum absolute atomic E-state index is 0.236. The summed E-state index contributed by atoms with van der Waals surface area (Å²) in [6.07, 6.45) is 1.97. The normalized spacial score (nSPS) is 14.4. The standard InChI is InChI=1S/C14H22ClNO/c1-4-17-14-6-5-13(15)9-12(14)8-10(2)7-11(3)16/h5-6,9-11H,4,7-8,16H2,1-3H3. The van der Waals surface area contributed by atoms with Crippen LogP contribution < -0.4 is 10.5 Å². The van der Waals surface area contributed by atoms with Gasteiger partial charge in [0.15, 0.2) is 0 Å². The van der Waals surface area contributed by atoms with Gasteiger partial charge in [-0.3, -0.25) is 0 Å². The highest BCUT2D eigenvalue weighted by atomic mass is 35.5. The van der Waals surface area contributed by atoms with Gasteiger partial charge >= 0.3 is 0 Å². The Balaban J connectivity index is 2.76. The van der Waals surface area contributed by atoms with Gasteiger partial charge in [0.25, 0.3) is 0 Å². The van der Waals surface area contributed by atoms with E-state index in [1.54, 1.807) is 0 Å². The molecule has 0 saturated carbocycles. The molecule has 0 saturated heterocycles. The highest BCUT2D eigenvalue weighted by molar-refractivity contribution is 6.30. The molecule has 0 fully saturated rings. The number of hydrogen-bond acceptors (Lipinski definition) is 2. The molecule has 0 amide bonds. The Kier molecular flexibility index (Phi) is 5.79. The molecule has 1 rings (SSSR count). The molecular weight excluding hydrogens is 234 g/mol. The van der Waals surface area contributed by atoms with E-state index in [1.165, 1.54) is 5.56 Å². The fourth-order valence-corrected chi connectivity index (χ4v) is 2.29. The average Bonchev–Trinajstić information content (AvgIpc) is 2.21. The van der Waals surface area contributed by atoms with Crippen LogP contribution in [0, 0.1) is 5.92 Å². The lowest BCUT2D eigenvalue weighted by molar-refractivity contribution is 0.333. The van der Waals surface area contributed by atoms with Crippen LogP contribution in [0.5, 0.6) is 5.75 Å². The molecule has 2 unspecified atom stereocenters.